The Balaban J connectivity index is 2.11. The highest BCUT2D eigenvalue weighted by Gasteiger charge is 2.20. The van der Waals surface area contributed by atoms with Crippen molar-refractivity contribution in [3.8, 4) is 11.5 Å². The molecule has 0 radical (unpaired) electrons. The van der Waals surface area contributed by atoms with E-state index in [0.29, 0.717) is 17.9 Å². The average Bonchev–Trinajstić information content (AvgIpc) is 2.66. The number of ether oxygens (including phenoxy) is 2. The molecule has 0 heterocycles. The summed E-state index contributed by atoms with van der Waals surface area (Å²) in [7, 11) is 3.04. The summed E-state index contributed by atoms with van der Waals surface area (Å²) in [5, 5.41) is 22.6. The smallest absolute Gasteiger partial charge is 0.336 e. The summed E-state index contributed by atoms with van der Waals surface area (Å²) in [5.41, 5.74) is -0.0521. The maximum absolute atomic E-state index is 12.3. The third-order valence-corrected chi connectivity index (χ3v) is 3.84. The van der Waals surface area contributed by atoms with Crippen molar-refractivity contribution in [1.29, 1.82) is 0 Å². The number of nitro groups is 1. The number of carbonyl (C=O) groups excluding carboxylic acids is 1. The summed E-state index contributed by atoms with van der Waals surface area (Å²) < 4.78 is 10.4. The monoisotopic (exact) mass is 374 g/mol. The maximum Gasteiger partial charge on any atom is 0.336 e. The van der Waals surface area contributed by atoms with E-state index in [2.05, 4.69) is 5.32 Å². The van der Waals surface area contributed by atoms with Gasteiger partial charge < -0.3 is 19.9 Å². The van der Waals surface area contributed by atoms with Crippen molar-refractivity contribution in [2.45, 2.75) is 6.42 Å². The minimum atomic E-state index is -1.34. The van der Waals surface area contributed by atoms with Crippen LogP contribution in [0.15, 0.2) is 36.4 Å². The first-order valence-electron chi connectivity index (χ1n) is 7.88. The Morgan fingerprint density at radius 2 is 1.78 bits per heavy atom. The molecule has 0 unspecified atom stereocenters. The second-order valence-corrected chi connectivity index (χ2v) is 5.49. The van der Waals surface area contributed by atoms with Crippen LogP contribution in [0, 0.1) is 10.1 Å². The van der Waals surface area contributed by atoms with Crippen molar-refractivity contribution in [2.75, 3.05) is 20.8 Å². The standard InChI is InChI=1S/C18H18N2O7/c1-26-15-6-3-11(9-16(15)27-2)7-8-19-17(21)14-10-12(20(24)25)4-5-13(14)18(22)23/h3-6,9-10H,7-8H2,1-2H3,(H,19,21)(H,22,23). The van der Waals surface area contributed by atoms with Gasteiger partial charge in [-0.05, 0) is 30.2 Å². The van der Waals surface area contributed by atoms with Crippen LogP contribution in [0.1, 0.15) is 26.3 Å². The van der Waals surface area contributed by atoms with Crippen LogP contribution < -0.4 is 14.8 Å². The molecule has 27 heavy (non-hydrogen) atoms. The lowest BCUT2D eigenvalue weighted by molar-refractivity contribution is -0.384. The summed E-state index contributed by atoms with van der Waals surface area (Å²) in [6.07, 6.45) is 0.448. The van der Waals surface area contributed by atoms with Gasteiger partial charge in [-0.1, -0.05) is 6.07 Å². The lowest BCUT2D eigenvalue weighted by atomic mass is 10.1. The van der Waals surface area contributed by atoms with Crippen LogP contribution in [-0.2, 0) is 6.42 Å². The third-order valence-electron chi connectivity index (χ3n) is 3.84. The van der Waals surface area contributed by atoms with Crippen molar-refractivity contribution >= 4 is 17.6 Å². The molecule has 142 valence electrons. The predicted octanol–water partition coefficient (Wildman–Crippen LogP) is 2.28. The first-order chi connectivity index (χ1) is 12.9. The van der Waals surface area contributed by atoms with Gasteiger partial charge in [-0.25, -0.2) is 4.79 Å². The number of amides is 1. The third kappa shape index (κ3) is 4.72. The summed E-state index contributed by atoms with van der Waals surface area (Å²) in [6, 6.07) is 8.35. The van der Waals surface area contributed by atoms with Crippen LogP contribution in [0.5, 0.6) is 11.5 Å². The SMILES string of the molecule is COc1ccc(CCNC(=O)c2cc([N+](=O)[O-])ccc2C(=O)O)cc1OC. The van der Waals surface area contributed by atoms with Gasteiger partial charge in [0.2, 0.25) is 0 Å². The first kappa shape index (κ1) is 19.7. The summed E-state index contributed by atoms with van der Waals surface area (Å²) in [4.78, 5) is 33.8. The summed E-state index contributed by atoms with van der Waals surface area (Å²) >= 11 is 0. The summed E-state index contributed by atoms with van der Waals surface area (Å²) in [5.74, 6) is -0.910. The Hall–Kier alpha value is -3.62. The quantitative estimate of drug-likeness (QED) is 0.536. The molecule has 1 amide bonds. The van der Waals surface area contributed by atoms with Gasteiger partial charge in [-0.3, -0.25) is 14.9 Å². The normalized spacial score (nSPS) is 10.1. The molecular weight excluding hydrogens is 356 g/mol. The van der Waals surface area contributed by atoms with Gasteiger partial charge in [0, 0.05) is 18.7 Å². The molecule has 0 saturated heterocycles. The van der Waals surface area contributed by atoms with E-state index in [1.165, 1.54) is 14.2 Å². The number of carboxylic acids is 1. The minimum absolute atomic E-state index is 0.204. The van der Waals surface area contributed by atoms with Crippen LogP contribution in [0.25, 0.3) is 0 Å². The van der Waals surface area contributed by atoms with Gasteiger partial charge in [-0.2, -0.15) is 0 Å². The molecule has 9 heteroatoms. The first-order valence-corrected chi connectivity index (χ1v) is 7.88. The van der Waals surface area contributed by atoms with Gasteiger partial charge in [-0.15, -0.1) is 0 Å². The number of nitrogens with one attached hydrogen (secondary N) is 1. The molecule has 0 bridgehead atoms. The van der Waals surface area contributed by atoms with E-state index >= 15 is 0 Å². The highest BCUT2D eigenvalue weighted by molar-refractivity contribution is 6.05. The number of methoxy groups -OCH3 is 2. The number of nitro benzene ring substituents is 1. The fourth-order valence-electron chi connectivity index (χ4n) is 2.47. The Morgan fingerprint density at radius 1 is 1.07 bits per heavy atom. The van der Waals surface area contributed by atoms with Crippen LogP contribution in [0.4, 0.5) is 5.69 Å². The van der Waals surface area contributed by atoms with Crippen molar-refractivity contribution in [1.82, 2.24) is 5.32 Å². The Kier molecular flexibility index (Phi) is 6.32. The van der Waals surface area contributed by atoms with Crippen molar-refractivity contribution in [2.24, 2.45) is 0 Å². The molecule has 2 aromatic rings. The molecule has 0 fully saturated rings. The molecule has 0 aliphatic rings. The molecule has 0 aliphatic heterocycles. The maximum atomic E-state index is 12.3. The van der Waals surface area contributed by atoms with Gasteiger partial charge >= 0.3 is 5.97 Å². The van der Waals surface area contributed by atoms with E-state index in [9.17, 15) is 24.8 Å². The fourth-order valence-corrected chi connectivity index (χ4v) is 2.47. The number of hydrogen-bond donors (Lipinski definition) is 2. The van der Waals surface area contributed by atoms with Crippen LogP contribution in [-0.4, -0.2) is 42.7 Å². The Labute approximate surface area is 154 Å². The van der Waals surface area contributed by atoms with Crippen molar-refractivity contribution < 1.29 is 29.1 Å². The molecule has 0 atom stereocenters. The zero-order valence-corrected chi connectivity index (χ0v) is 14.7. The van der Waals surface area contributed by atoms with E-state index in [1.807, 2.05) is 6.07 Å². The zero-order chi connectivity index (χ0) is 20.0. The number of carboxylic acid groups (broad SMARTS) is 1. The van der Waals surface area contributed by atoms with Crippen LogP contribution in [0.3, 0.4) is 0 Å². The molecule has 0 aromatic heterocycles. The van der Waals surface area contributed by atoms with E-state index in [-0.39, 0.29) is 23.4 Å². The van der Waals surface area contributed by atoms with Crippen LogP contribution in [0.2, 0.25) is 0 Å². The zero-order valence-electron chi connectivity index (χ0n) is 14.7. The molecule has 0 saturated carbocycles. The molecule has 9 nitrogen and oxygen atoms in total. The molecule has 0 aliphatic carbocycles. The minimum Gasteiger partial charge on any atom is -0.493 e. The largest absolute Gasteiger partial charge is 0.493 e. The number of rotatable bonds is 8. The highest BCUT2D eigenvalue weighted by Crippen LogP contribution is 2.27. The molecule has 2 N–H and O–H groups in total. The van der Waals surface area contributed by atoms with E-state index in [0.717, 1.165) is 23.8 Å². The van der Waals surface area contributed by atoms with Crippen molar-refractivity contribution in [3.05, 3.63) is 63.2 Å². The number of carbonyl (C=O) groups is 2. The van der Waals surface area contributed by atoms with Gasteiger partial charge in [0.25, 0.3) is 11.6 Å². The van der Waals surface area contributed by atoms with Gasteiger partial charge in [0.05, 0.1) is 30.3 Å². The van der Waals surface area contributed by atoms with E-state index < -0.39 is 16.8 Å². The molecule has 0 spiro atoms. The topological polar surface area (TPSA) is 128 Å². The number of non-ortho nitro benzene ring substituents is 1. The second kappa shape index (κ2) is 8.65. The number of benzene rings is 2. The molecule has 2 rings (SSSR count). The van der Waals surface area contributed by atoms with E-state index in [4.69, 9.17) is 9.47 Å². The number of hydrogen-bond acceptors (Lipinski definition) is 6. The molecule has 2 aromatic carbocycles. The van der Waals surface area contributed by atoms with Gasteiger partial charge in [0.1, 0.15) is 0 Å². The number of nitrogens with zero attached hydrogens (tertiary/aromatic N) is 1. The van der Waals surface area contributed by atoms with Crippen molar-refractivity contribution in [3.63, 3.8) is 0 Å². The lowest BCUT2D eigenvalue weighted by Gasteiger charge is -2.11. The lowest BCUT2D eigenvalue weighted by Crippen LogP contribution is -2.27. The number of aromatic carboxylic acids is 1. The summed E-state index contributed by atoms with van der Waals surface area (Å²) in [6.45, 7) is 0.204. The Bertz CT molecular complexity index is 880. The Morgan fingerprint density at radius 3 is 2.37 bits per heavy atom. The van der Waals surface area contributed by atoms with Gasteiger partial charge in [0.15, 0.2) is 11.5 Å². The molecular formula is C18H18N2O7. The average molecular weight is 374 g/mol. The highest BCUT2D eigenvalue weighted by atomic mass is 16.6. The predicted molar refractivity (Wildman–Crippen MR) is 95.6 cm³/mol. The fraction of sp³-hybridized carbons (Fsp3) is 0.222. The van der Waals surface area contributed by atoms with E-state index in [1.54, 1.807) is 12.1 Å². The second-order valence-electron chi connectivity index (χ2n) is 5.49. The van der Waals surface area contributed by atoms with Crippen LogP contribution >= 0.6 is 0 Å².